The summed E-state index contributed by atoms with van der Waals surface area (Å²) in [7, 11) is 0. The van der Waals surface area contributed by atoms with Crippen molar-refractivity contribution in [3.8, 4) is 0 Å². The third-order valence-corrected chi connectivity index (χ3v) is 3.85. The second-order valence-electron chi connectivity index (χ2n) is 5.30. The number of nitro groups is 1. The zero-order valence-electron chi connectivity index (χ0n) is 11.8. The number of Topliss-reactive ketones (excluding diaryl/α,β-unsaturated/α-hetero) is 1. The molecule has 2 aliphatic heterocycles. The van der Waals surface area contributed by atoms with Gasteiger partial charge in [-0.1, -0.05) is 24.3 Å². The number of non-ortho nitro benzene ring substituents is 1. The fraction of sp³-hybridized carbons (Fsp3) is 0.125. The maximum atomic E-state index is 12.6. The number of rotatable bonds is 2. The predicted molar refractivity (Wildman–Crippen MR) is 82.9 cm³/mol. The van der Waals surface area contributed by atoms with Crippen molar-refractivity contribution < 1.29 is 14.5 Å². The maximum absolute atomic E-state index is 12.6. The van der Waals surface area contributed by atoms with Crippen molar-refractivity contribution in [1.29, 1.82) is 0 Å². The van der Waals surface area contributed by atoms with Gasteiger partial charge in [0.05, 0.1) is 16.3 Å². The molecule has 2 aromatic rings. The van der Waals surface area contributed by atoms with Gasteiger partial charge in [-0.05, 0) is 12.1 Å². The van der Waals surface area contributed by atoms with Crippen LogP contribution in [0.15, 0.2) is 53.5 Å². The minimum absolute atomic E-state index is 0.0769. The third kappa shape index (κ3) is 2.13. The van der Waals surface area contributed by atoms with Crippen LogP contribution in [-0.4, -0.2) is 22.6 Å². The highest BCUT2D eigenvalue weighted by Crippen LogP contribution is 2.37. The Morgan fingerprint density at radius 3 is 2.83 bits per heavy atom. The lowest BCUT2D eigenvalue weighted by Crippen LogP contribution is -2.33. The fourth-order valence-corrected chi connectivity index (χ4v) is 2.74. The van der Waals surface area contributed by atoms with Gasteiger partial charge in [0.25, 0.3) is 5.69 Å². The molecule has 2 heterocycles. The van der Waals surface area contributed by atoms with Crippen molar-refractivity contribution in [2.45, 2.75) is 12.1 Å². The van der Waals surface area contributed by atoms with E-state index in [9.17, 15) is 14.9 Å². The maximum Gasteiger partial charge on any atom is 0.269 e. The number of carbonyl (C=O) groups excluding carboxylic acids is 1. The second-order valence-corrected chi connectivity index (χ2v) is 5.30. The lowest BCUT2D eigenvalue weighted by atomic mass is 10.0. The van der Waals surface area contributed by atoms with Crippen LogP contribution in [-0.2, 0) is 9.53 Å². The lowest BCUT2D eigenvalue weighted by molar-refractivity contribution is -0.384. The average Bonchev–Trinajstić information content (AvgIpc) is 2.89. The van der Waals surface area contributed by atoms with E-state index >= 15 is 0 Å². The monoisotopic (exact) mass is 309 g/mol. The van der Waals surface area contributed by atoms with Gasteiger partial charge in [0.2, 0.25) is 11.7 Å². The minimum atomic E-state index is -0.888. The van der Waals surface area contributed by atoms with E-state index < -0.39 is 17.1 Å². The number of nitrogens with zero attached hydrogens (tertiary/aromatic N) is 2. The first-order valence-corrected chi connectivity index (χ1v) is 7.02. The van der Waals surface area contributed by atoms with Crippen molar-refractivity contribution in [3.63, 3.8) is 0 Å². The molecule has 2 aliphatic rings. The van der Waals surface area contributed by atoms with Crippen LogP contribution in [0.25, 0.3) is 0 Å². The summed E-state index contributed by atoms with van der Waals surface area (Å²) in [4.78, 5) is 27.4. The molecular formula is C16H11N3O4. The van der Waals surface area contributed by atoms with E-state index in [1.54, 1.807) is 6.07 Å². The Labute approximate surface area is 130 Å². The number of benzene rings is 2. The summed E-state index contributed by atoms with van der Waals surface area (Å²) in [5.41, 5.74) is 1.84. The number of ether oxygens (including phenoxy) is 1. The van der Waals surface area contributed by atoms with Crippen LogP contribution < -0.4 is 5.32 Å². The zero-order valence-corrected chi connectivity index (χ0v) is 11.8. The van der Waals surface area contributed by atoms with Crippen molar-refractivity contribution in [1.82, 2.24) is 0 Å². The normalized spacial score (nSPS) is 21.6. The molecule has 2 atom stereocenters. The number of anilines is 1. The number of fused-ring (bicyclic) bond motifs is 2. The van der Waals surface area contributed by atoms with Crippen LogP contribution in [0.2, 0.25) is 0 Å². The summed E-state index contributed by atoms with van der Waals surface area (Å²) >= 11 is 0. The first-order chi connectivity index (χ1) is 11.1. The Bertz CT molecular complexity index is 862. The van der Waals surface area contributed by atoms with Gasteiger partial charge in [-0.25, -0.2) is 4.99 Å². The van der Waals surface area contributed by atoms with E-state index in [2.05, 4.69) is 10.3 Å². The Morgan fingerprint density at radius 1 is 1.17 bits per heavy atom. The van der Waals surface area contributed by atoms with E-state index in [4.69, 9.17) is 4.74 Å². The molecule has 114 valence electrons. The Kier molecular flexibility index (Phi) is 2.87. The van der Waals surface area contributed by atoms with Gasteiger partial charge in [-0.15, -0.1) is 0 Å². The second kappa shape index (κ2) is 4.91. The molecule has 0 aromatic heterocycles. The molecule has 0 unspecified atom stereocenters. The van der Waals surface area contributed by atoms with Crippen molar-refractivity contribution in [3.05, 3.63) is 64.2 Å². The van der Waals surface area contributed by atoms with Crippen LogP contribution >= 0.6 is 0 Å². The summed E-state index contributed by atoms with van der Waals surface area (Å²) in [6.07, 6.45) is -0.888. The molecule has 1 N–H and O–H groups in total. The Balaban J connectivity index is 1.69. The molecule has 7 nitrogen and oxygen atoms in total. The largest absolute Gasteiger partial charge is 0.463 e. The molecule has 0 amide bonds. The van der Waals surface area contributed by atoms with Crippen molar-refractivity contribution in [2.75, 3.05) is 5.32 Å². The topological polar surface area (TPSA) is 93.8 Å². The number of nitro benzene ring substituents is 1. The lowest BCUT2D eigenvalue weighted by Gasteiger charge is -2.18. The van der Waals surface area contributed by atoms with Crippen molar-refractivity contribution >= 4 is 28.7 Å². The average molecular weight is 309 g/mol. The standard InChI is InChI=1S/C16H11N3O4/c20-14-13-16(18-12-7-2-1-6-11(12)17-13)23-15(14)9-4-3-5-10(8-9)19(21)22/h1-8,13,15,17H/t13-,15+/m1/s1. The summed E-state index contributed by atoms with van der Waals surface area (Å²) in [6, 6.07) is 12.6. The van der Waals surface area contributed by atoms with Crippen LogP contribution in [0.4, 0.5) is 17.1 Å². The zero-order chi connectivity index (χ0) is 16.0. The molecule has 0 aliphatic carbocycles. The van der Waals surface area contributed by atoms with Gasteiger partial charge in [-0.2, -0.15) is 0 Å². The molecule has 0 saturated carbocycles. The van der Waals surface area contributed by atoms with E-state index in [0.717, 1.165) is 5.69 Å². The third-order valence-electron chi connectivity index (χ3n) is 3.85. The first kappa shape index (κ1) is 13.4. The van der Waals surface area contributed by atoms with E-state index in [0.29, 0.717) is 17.1 Å². The van der Waals surface area contributed by atoms with Crippen LogP contribution in [0.5, 0.6) is 0 Å². The molecule has 1 fully saturated rings. The van der Waals surface area contributed by atoms with Gasteiger partial charge < -0.3 is 10.1 Å². The molecule has 0 bridgehead atoms. The number of aliphatic imine (C=N–C) groups is 1. The highest BCUT2D eigenvalue weighted by molar-refractivity contribution is 6.16. The van der Waals surface area contributed by atoms with Crippen LogP contribution in [0.3, 0.4) is 0 Å². The summed E-state index contributed by atoms with van der Waals surface area (Å²) in [6.45, 7) is 0. The Morgan fingerprint density at radius 2 is 2.00 bits per heavy atom. The molecule has 23 heavy (non-hydrogen) atoms. The molecule has 0 radical (unpaired) electrons. The van der Waals surface area contributed by atoms with Crippen molar-refractivity contribution in [2.24, 2.45) is 4.99 Å². The SMILES string of the molecule is O=C1[C@H]2Nc3ccccc3N=C2O[C@H]1c1cccc([N+](=O)[O-])c1. The van der Waals surface area contributed by atoms with Gasteiger partial charge in [0.15, 0.2) is 12.1 Å². The molecule has 4 rings (SSSR count). The minimum Gasteiger partial charge on any atom is -0.463 e. The van der Waals surface area contributed by atoms with Crippen LogP contribution in [0, 0.1) is 10.1 Å². The number of hydrogen-bond donors (Lipinski definition) is 1. The number of nitrogens with one attached hydrogen (secondary N) is 1. The summed E-state index contributed by atoms with van der Waals surface area (Å²) in [5.74, 6) is 0.0870. The molecule has 7 heteroatoms. The quantitative estimate of drug-likeness (QED) is 0.680. The van der Waals surface area contributed by atoms with Gasteiger partial charge in [-0.3, -0.25) is 14.9 Å². The fourth-order valence-electron chi connectivity index (χ4n) is 2.74. The van der Waals surface area contributed by atoms with E-state index in [1.807, 2.05) is 24.3 Å². The first-order valence-electron chi connectivity index (χ1n) is 7.02. The molecule has 2 aromatic carbocycles. The van der Waals surface area contributed by atoms with E-state index in [-0.39, 0.29) is 11.5 Å². The molecular weight excluding hydrogens is 298 g/mol. The summed E-state index contributed by atoms with van der Waals surface area (Å²) in [5, 5.41) is 14.0. The molecule has 0 spiro atoms. The van der Waals surface area contributed by atoms with Crippen LogP contribution in [0.1, 0.15) is 11.7 Å². The van der Waals surface area contributed by atoms with Gasteiger partial charge in [0, 0.05) is 17.7 Å². The summed E-state index contributed by atoms with van der Waals surface area (Å²) < 4.78 is 5.67. The predicted octanol–water partition coefficient (Wildman–Crippen LogP) is 2.76. The highest BCUT2D eigenvalue weighted by Gasteiger charge is 2.44. The Hall–Kier alpha value is -3.22. The smallest absolute Gasteiger partial charge is 0.269 e. The van der Waals surface area contributed by atoms with Gasteiger partial charge in [0.1, 0.15) is 0 Å². The number of hydrogen-bond acceptors (Lipinski definition) is 6. The van der Waals surface area contributed by atoms with Gasteiger partial charge >= 0.3 is 0 Å². The number of ketones is 1. The number of para-hydroxylation sites is 2. The molecule has 1 saturated heterocycles. The highest BCUT2D eigenvalue weighted by atomic mass is 16.6. The number of carbonyl (C=O) groups is 1. The van der Waals surface area contributed by atoms with E-state index in [1.165, 1.54) is 18.2 Å².